The largest absolute Gasteiger partial charge is 0.478 e. The van der Waals surface area contributed by atoms with Gasteiger partial charge in [0, 0.05) is 11.8 Å². The van der Waals surface area contributed by atoms with E-state index in [1.54, 1.807) is 18.2 Å². The highest BCUT2D eigenvalue weighted by Crippen LogP contribution is 2.29. The van der Waals surface area contributed by atoms with E-state index in [1.807, 2.05) is 36.4 Å². The first-order chi connectivity index (χ1) is 16.4. The quantitative estimate of drug-likeness (QED) is 0.160. The van der Waals surface area contributed by atoms with Gasteiger partial charge >= 0.3 is 6.18 Å². The fourth-order valence-electron chi connectivity index (χ4n) is 3.30. The summed E-state index contributed by atoms with van der Waals surface area (Å²) in [5, 5.41) is 4.64. The monoisotopic (exact) mass is 467 g/mol. The van der Waals surface area contributed by atoms with Crippen molar-refractivity contribution >= 4 is 23.5 Å². The van der Waals surface area contributed by atoms with Crippen LogP contribution in [0, 0.1) is 0 Å². The van der Waals surface area contributed by atoms with Crippen LogP contribution in [-0.2, 0) is 28.8 Å². The summed E-state index contributed by atoms with van der Waals surface area (Å²) in [5.41, 5.74) is 1.28. The molecule has 0 amide bonds. The van der Waals surface area contributed by atoms with Crippen molar-refractivity contribution < 1.29 is 32.0 Å². The molecule has 4 rings (SSSR count). The highest BCUT2D eigenvalue weighted by atomic mass is 19.4. The number of hydrogen-bond acceptors (Lipinski definition) is 5. The summed E-state index contributed by atoms with van der Waals surface area (Å²) in [7, 11) is 0. The summed E-state index contributed by atoms with van der Waals surface area (Å²) in [6, 6.07) is 21.0. The molecular formula is C26H20F3NO4. The topological polar surface area (TPSA) is 61.0 Å². The summed E-state index contributed by atoms with van der Waals surface area (Å²) in [6.45, 7) is 0.0504. The third-order valence-electron chi connectivity index (χ3n) is 5.01. The Morgan fingerprint density at radius 1 is 0.971 bits per heavy atom. The Labute approximate surface area is 193 Å². The SMILES string of the molecule is O=CC(Oc1ccc2oc(CC=NOCc3ccc(C(F)(F)F)cc3)cc2c1)c1ccccc1. The minimum atomic E-state index is -4.37. The van der Waals surface area contributed by atoms with Gasteiger partial charge in [-0.3, -0.25) is 4.79 Å². The third kappa shape index (κ3) is 5.83. The molecule has 0 aliphatic carbocycles. The van der Waals surface area contributed by atoms with Gasteiger partial charge in [0.25, 0.3) is 0 Å². The molecule has 1 heterocycles. The molecule has 0 aliphatic heterocycles. The maximum Gasteiger partial charge on any atom is 0.416 e. The number of alkyl halides is 3. The van der Waals surface area contributed by atoms with Crippen LogP contribution in [0.2, 0.25) is 0 Å². The van der Waals surface area contributed by atoms with Crippen molar-refractivity contribution in [1.82, 2.24) is 0 Å². The van der Waals surface area contributed by atoms with Crippen molar-refractivity contribution in [2.24, 2.45) is 5.16 Å². The van der Waals surface area contributed by atoms with Crippen molar-refractivity contribution in [3.05, 3.63) is 101 Å². The maximum absolute atomic E-state index is 12.6. The molecule has 1 atom stereocenters. The smallest absolute Gasteiger partial charge is 0.416 e. The number of aldehydes is 1. The fourth-order valence-corrected chi connectivity index (χ4v) is 3.30. The van der Waals surface area contributed by atoms with Crippen LogP contribution in [0.15, 0.2) is 88.4 Å². The number of nitrogens with zero attached hydrogens (tertiary/aromatic N) is 1. The van der Waals surface area contributed by atoms with E-state index in [-0.39, 0.29) is 6.61 Å². The molecule has 4 aromatic rings. The number of benzene rings is 3. The summed E-state index contributed by atoms with van der Waals surface area (Å²) >= 11 is 0. The van der Waals surface area contributed by atoms with Crippen LogP contribution in [0.25, 0.3) is 11.0 Å². The molecule has 0 spiro atoms. The van der Waals surface area contributed by atoms with Crippen molar-refractivity contribution in [3.8, 4) is 5.75 Å². The van der Waals surface area contributed by atoms with Crippen molar-refractivity contribution in [3.63, 3.8) is 0 Å². The average molecular weight is 467 g/mol. The Kier molecular flexibility index (Phi) is 6.96. The third-order valence-corrected chi connectivity index (χ3v) is 5.01. The molecular weight excluding hydrogens is 447 g/mol. The first-order valence-electron chi connectivity index (χ1n) is 10.4. The Hall–Kier alpha value is -4.07. The van der Waals surface area contributed by atoms with Crippen LogP contribution < -0.4 is 4.74 Å². The van der Waals surface area contributed by atoms with Gasteiger partial charge in [0.15, 0.2) is 12.4 Å². The number of carbonyl (C=O) groups is 1. The number of carbonyl (C=O) groups excluding carboxylic acids is 1. The molecule has 1 unspecified atom stereocenters. The molecule has 0 fully saturated rings. The number of oxime groups is 1. The van der Waals surface area contributed by atoms with E-state index >= 15 is 0 Å². The van der Waals surface area contributed by atoms with Crippen molar-refractivity contribution in [1.29, 1.82) is 0 Å². The number of hydrogen-bond donors (Lipinski definition) is 0. The summed E-state index contributed by atoms with van der Waals surface area (Å²) < 4.78 is 49.4. The first kappa shape index (κ1) is 23.1. The molecule has 3 aromatic carbocycles. The van der Waals surface area contributed by atoms with E-state index in [2.05, 4.69) is 5.16 Å². The molecule has 0 aliphatic rings. The van der Waals surface area contributed by atoms with Crippen LogP contribution in [0.1, 0.15) is 28.6 Å². The Balaban J connectivity index is 1.32. The lowest BCUT2D eigenvalue weighted by atomic mass is 10.1. The molecule has 34 heavy (non-hydrogen) atoms. The van der Waals surface area contributed by atoms with E-state index in [0.717, 1.165) is 29.4 Å². The molecule has 5 nitrogen and oxygen atoms in total. The number of halogens is 3. The van der Waals surface area contributed by atoms with Gasteiger partial charge in [-0.15, -0.1) is 0 Å². The van der Waals surface area contributed by atoms with E-state index in [0.29, 0.717) is 29.1 Å². The van der Waals surface area contributed by atoms with E-state index in [4.69, 9.17) is 14.0 Å². The van der Waals surface area contributed by atoms with Gasteiger partial charge in [-0.25, -0.2) is 0 Å². The highest BCUT2D eigenvalue weighted by molar-refractivity contribution is 5.80. The summed E-state index contributed by atoms with van der Waals surface area (Å²) in [4.78, 5) is 16.6. The highest BCUT2D eigenvalue weighted by Gasteiger charge is 2.29. The van der Waals surface area contributed by atoms with Gasteiger partial charge in [-0.05, 0) is 47.5 Å². The average Bonchev–Trinajstić information content (AvgIpc) is 3.24. The first-order valence-corrected chi connectivity index (χ1v) is 10.4. The molecule has 0 radical (unpaired) electrons. The van der Waals surface area contributed by atoms with E-state index in [9.17, 15) is 18.0 Å². The van der Waals surface area contributed by atoms with Crippen LogP contribution in [0.3, 0.4) is 0 Å². The van der Waals surface area contributed by atoms with Gasteiger partial charge in [0.05, 0.1) is 11.8 Å². The van der Waals surface area contributed by atoms with Crippen LogP contribution in [0.4, 0.5) is 13.2 Å². The minimum Gasteiger partial charge on any atom is -0.478 e. The van der Waals surface area contributed by atoms with Crippen LogP contribution in [-0.4, -0.2) is 12.5 Å². The van der Waals surface area contributed by atoms with Gasteiger partial charge in [0.2, 0.25) is 0 Å². The molecule has 174 valence electrons. The predicted molar refractivity (Wildman–Crippen MR) is 121 cm³/mol. The molecule has 8 heteroatoms. The normalized spacial score (nSPS) is 12.7. The Bertz CT molecular complexity index is 1260. The Morgan fingerprint density at radius 2 is 1.74 bits per heavy atom. The van der Waals surface area contributed by atoms with Crippen molar-refractivity contribution in [2.75, 3.05) is 0 Å². The fraction of sp³-hybridized carbons (Fsp3) is 0.154. The van der Waals surface area contributed by atoms with Gasteiger partial charge in [0.1, 0.15) is 23.7 Å². The second kappa shape index (κ2) is 10.2. The lowest BCUT2D eigenvalue weighted by Crippen LogP contribution is -2.08. The zero-order valence-electron chi connectivity index (χ0n) is 17.9. The Morgan fingerprint density at radius 3 is 2.44 bits per heavy atom. The molecule has 0 bridgehead atoms. The summed E-state index contributed by atoms with van der Waals surface area (Å²) in [6.07, 6.45) is -2.45. The summed E-state index contributed by atoms with van der Waals surface area (Å²) in [5.74, 6) is 1.18. The minimum absolute atomic E-state index is 0.0504. The standard InChI is InChI=1S/C26H20F3NO4/c27-26(28,29)21-8-6-18(7-9-21)17-32-30-13-12-23-15-20-14-22(10-11-24(20)33-23)34-25(16-31)19-4-2-1-3-5-19/h1-11,13-16,25H,12,17H2. The number of furan rings is 1. The van der Waals surface area contributed by atoms with Gasteiger partial charge < -0.3 is 14.0 Å². The number of rotatable bonds is 9. The lowest BCUT2D eigenvalue weighted by molar-refractivity contribution is -0.137. The molecule has 1 aromatic heterocycles. The maximum atomic E-state index is 12.6. The van der Waals surface area contributed by atoms with E-state index in [1.165, 1.54) is 18.3 Å². The second-order valence-electron chi connectivity index (χ2n) is 7.46. The number of ether oxygens (including phenoxy) is 1. The van der Waals surface area contributed by atoms with Gasteiger partial charge in [-0.2, -0.15) is 13.2 Å². The van der Waals surface area contributed by atoms with Crippen molar-refractivity contribution in [2.45, 2.75) is 25.3 Å². The lowest BCUT2D eigenvalue weighted by Gasteiger charge is -2.13. The van der Waals surface area contributed by atoms with E-state index < -0.39 is 17.8 Å². The zero-order chi connectivity index (χ0) is 24.0. The number of fused-ring (bicyclic) bond motifs is 1. The molecule has 0 N–H and O–H groups in total. The zero-order valence-corrected chi connectivity index (χ0v) is 17.9. The molecule has 0 saturated carbocycles. The molecule has 0 saturated heterocycles. The van der Waals surface area contributed by atoms with Crippen LogP contribution >= 0.6 is 0 Å². The van der Waals surface area contributed by atoms with Crippen LogP contribution in [0.5, 0.6) is 5.75 Å². The second-order valence-corrected chi connectivity index (χ2v) is 7.46. The predicted octanol–water partition coefficient (Wildman–Crippen LogP) is 6.52. The van der Waals surface area contributed by atoms with Gasteiger partial charge in [-0.1, -0.05) is 47.6 Å².